The average Bonchev–Trinajstić information content (AvgIpc) is 3.61. The van der Waals surface area contributed by atoms with Crippen molar-refractivity contribution in [2.75, 3.05) is 44.8 Å². The SMILES string of the molecule is Br.CCOc1cc2c(cc1C(=O)NC)C(=N)N(CC(=O)c1cc(N3CCCC3)c(OCCCCCC(=O)O)c(C(C)(C)C)c1)C2. The van der Waals surface area contributed by atoms with Gasteiger partial charge in [-0.25, -0.2) is 0 Å². The van der Waals surface area contributed by atoms with Crippen LogP contribution >= 0.6 is 17.0 Å². The van der Waals surface area contributed by atoms with Gasteiger partial charge in [-0.2, -0.15) is 0 Å². The fourth-order valence-corrected chi connectivity index (χ4v) is 5.82. The van der Waals surface area contributed by atoms with Gasteiger partial charge in [-0.15, -0.1) is 17.0 Å². The maximum Gasteiger partial charge on any atom is 0.303 e. The molecule has 2 aromatic carbocycles. The molecular formula is C34H47BrN4O6. The van der Waals surface area contributed by atoms with Crippen LogP contribution in [0.3, 0.4) is 0 Å². The summed E-state index contributed by atoms with van der Waals surface area (Å²) in [6.07, 6.45) is 4.44. The van der Waals surface area contributed by atoms with E-state index in [2.05, 4.69) is 31.0 Å². The molecule has 2 aliphatic heterocycles. The standard InChI is InChI=1S/C34H46N4O6.BrH/c1-6-43-29-18-23-20-38(32(35)24(23)19-25(29)33(42)36-5)21-28(39)22-16-26(34(2,3)4)31(27(17-22)37-13-9-10-14-37)44-15-11-7-8-12-30(40)41;/h16-19,35H,6-15,20-21H2,1-5H3,(H,36,42)(H,40,41);1H. The molecule has 0 aromatic heterocycles. The third kappa shape index (κ3) is 8.56. The van der Waals surface area contributed by atoms with E-state index >= 15 is 0 Å². The van der Waals surface area contributed by atoms with Crippen molar-refractivity contribution in [3.8, 4) is 11.5 Å². The Morgan fingerprint density at radius 3 is 2.36 bits per heavy atom. The number of rotatable bonds is 14. The Balaban J connectivity index is 0.00000552. The van der Waals surface area contributed by atoms with Gasteiger partial charge in [-0.05, 0) is 74.3 Å². The summed E-state index contributed by atoms with van der Waals surface area (Å²) in [6.45, 7) is 11.2. The number of hydrogen-bond donors (Lipinski definition) is 3. The molecule has 246 valence electrons. The van der Waals surface area contributed by atoms with E-state index in [4.69, 9.17) is 20.0 Å². The number of fused-ring (bicyclic) bond motifs is 1. The van der Waals surface area contributed by atoms with E-state index in [0.717, 1.165) is 61.3 Å². The van der Waals surface area contributed by atoms with Crippen molar-refractivity contribution in [1.82, 2.24) is 10.2 Å². The number of nitrogens with zero attached hydrogens (tertiary/aromatic N) is 2. The van der Waals surface area contributed by atoms with E-state index in [9.17, 15) is 14.4 Å². The molecule has 0 unspecified atom stereocenters. The zero-order chi connectivity index (χ0) is 32.0. The number of aliphatic carboxylic acids is 1. The van der Waals surface area contributed by atoms with Crippen molar-refractivity contribution in [3.63, 3.8) is 0 Å². The number of nitrogens with one attached hydrogen (secondary N) is 2. The number of ketones is 1. The minimum Gasteiger partial charge on any atom is -0.493 e. The van der Waals surface area contributed by atoms with Crippen molar-refractivity contribution in [2.45, 2.75) is 78.2 Å². The van der Waals surface area contributed by atoms with E-state index in [1.807, 2.05) is 19.1 Å². The highest BCUT2D eigenvalue weighted by Crippen LogP contribution is 2.42. The van der Waals surface area contributed by atoms with Crippen LogP contribution in [0.5, 0.6) is 11.5 Å². The number of hydrogen-bond acceptors (Lipinski definition) is 7. The van der Waals surface area contributed by atoms with Crippen LogP contribution in [0.1, 0.15) is 104 Å². The Kier molecular flexibility index (Phi) is 12.4. The second-order valence-corrected chi connectivity index (χ2v) is 12.5. The first-order chi connectivity index (χ1) is 20.9. The average molecular weight is 688 g/mol. The fraction of sp³-hybridized carbons (Fsp3) is 0.529. The van der Waals surface area contributed by atoms with Crippen molar-refractivity contribution in [1.29, 1.82) is 5.41 Å². The van der Waals surface area contributed by atoms with E-state index in [1.54, 1.807) is 24.1 Å². The van der Waals surface area contributed by atoms with Gasteiger partial charge in [-0.3, -0.25) is 19.8 Å². The van der Waals surface area contributed by atoms with Gasteiger partial charge in [0.15, 0.2) is 5.78 Å². The second kappa shape index (κ2) is 15.6. The molecule has 3 N–H and O–H groups in total. The predicted molar refractivity (Wildman–Crippen MR) is 181 cm³/mol. The Bertz CT molecular complexity index is 1410. The Labute approximate surface area is 276 Å². The maximum atomic E-state index is 13.9. The topological polar surface area (TPSA) is 132 Å². The summed E-state index contributed by atoms with van der Waals surface area (Å²) in [5.74, 6) is 0.306. The fourth-order valence-electron chi connectivity index (χ4n) is 5.82. The minimum absolute atomic E-state index is 0. The first-order valence-corrected chi connectivity index (χ1v) is 15.6. The highest BCUT2D eigenvalue weighted by molar-refractivity contribution is 8.93. The molecule has 1 fully saturated rings. The number of anilines is 1. The van der Waals surface area contributed by atoms with Crippen molar-refractivity contribution < 1.29 is 29.0 Å². The molecule has 45 heavy (non-hydrogen) atoms. The summed E-state index contributed by atoms with van der Waals surface area (Å²) >= 11 is 0. The summed E-state index contributed by atoms with van der Waals surface area (Å²) < 4.78 is 12.1. The number of amidine groups is 1. The van der Waals surface area contributed by atoms with Crippen LogP contribution in [0.2, 0.25) is 0 Å². The molecule has 1 amide bonds. The molecule has 11 heteroatoms. The zero-order valence-corrected chi connectivity index (χ0v) is 28.8. The quantitative estimate of drug-likeness (QED) is 0.164. The van der Waals surface area contributed by atoms with Gasteiger partial charge >= 0.3 is 5.97 Å². The monoisotopic (exact) mass is 686 g/mol. The van der Waals surface area contributed by atoms with Crippen molar-refractivity contribution in [2.24, 2.45) is 0 Å². The first-order valence-electron chi connectivity index (χ1n) is 15.6. The molecule has 1 saturated heterocycles. The lowest BCUT2D eigenvalue weighted by molar-refractivity contribution is -0.137. The summed E-state index contributed by atoms with van der Waals surface area (Å²) in [6, 6.07) is 7.36. The lowest BCUT2D eigenvalue weighted by Gasteiger charge is -2.30. The van der Waals surface area contributed by atoms with E-state index in [-0.39, 0.29) is 52.9 Å². The number of carbonyl (C=O) groups excluding carboxylic acids is 2. The van der Waals surface area contributed by atoms with Gasteiger partial charge in [-0.1, -0.05) is 20.8 Å². The van der Waals surface area contributed by atoms with Gasteiger partial charge in [0.05, 0.1) is 31.0 Å². The molecule has 0 radical (unpaired) electrons. The smallest absolute Gasteiger partial charge is 0.303 e. The number of unbranched alkanes of at least 4 members (excludes halogenated alkanes) is 2. The van der Waals surface area contributed by atoms with Crippen LogP contribution in [0.15, 0.2) is 24.3 Å². The van der Waals surface area contributed by atoms with Crippen LogP contribution in [0.4, 0.5) is 5.69 Å². The number of halogens is 1. The Hall–Kier alpha value is -3.60. The molecule has 0 saturated carbocycles. The van der Waals surface area contributed by atoms with Gasteiger partial charge < -0.3 is 29.7 Å². The summed E-state index contributed by atoms with van der Waals surface area (Å²) in [7, 11) is 1.56. The predicted octanol–water partition coefficient (Wildman–Crippen LogP) is 5.97. The highest BCUT2D eigenvalue weighted by atomic mass is 79.9. The van der Waals surface area contributed by atoms with Crippen molar-refractivity contribution >= 4 is 46.2 Å². The van der Waals surface area contributed by atoms with Crippen molar-refractivity contribution in [3.05, 3.63) is 52.1 Å². The van der Waals surface area contributed by atoms with Crippen LogP contribution < -0.4 is 19.7 Å². The molecule has 0 spiro atoms. The molecule has 0 atom stereocenters. The van der Waals surface area contributed by atoms with E-state index in [1.165, 1.54) is 0 Å². The molecule has 2 heterocycles. The second-order valence-electron chi connectivity index (χ2n) is 12.5. The van der Waals surface area contributed by atoms with Gasteiger partial charge in [0.25, 0.3) is 5.91 Å². The molecule has 2 aromatic rings. The summed E-state index contributed by atoms with van der Waals surface area (Å²) in [5.41, 5.74) is 3.99. The summed E-state index contributed by atoms with van der Waals surface area (Å²) in [5, 5.41) is 20.4. The van der Waals surface area contributed by atoms with Crippen LogP contribution in [-0.4, -0.2) is 73.4 Å². The maximum absolute atomic E-state index is 13.9. The Morgan fingerprint density at radius 1 is 1.02 bits per heavy atom. The molecule has 0 bridgehead atoms. The number of Topliss-reactive ketones (excluding diaryl/α,β-unsaturated/α-hetero) is 1. The highest BCUT2D eigenvalue weighted by Gasteiger charge is 2.31. The lowest BCUT2D eigenvalue weighted by Crippen LogP contribution is -2.31. The van der Waals surface area contributed by atoms with Crippen LogP contribution in [0.25, 0.3) is 0 Å². The number of carboxylic acid groups (broad SMARTS) is 1. The number of carbonyl (C=O) groups is 3. The van der Waals surface area contributed by atoms with Gasteiger partial charge in [0, 0.05) is 49.8 Å². The number of benzene rings is 2. The molecular weight excluding hydrogens is 640 g/mol. The largest absolute Gasteiger partial charge is 0.493 e. The molecule has 0 aliphatic carbocycles. The third-order valence-corrected chi connectivity index (χ3v) is 8.17. The van der Waals surface area contributed by atoms with Crippen LogP contribution in [-0.2, 0) is 16.8 Å². The van der Waals surface area contributed by atoms with E-state index < -0.39 is 5.97 Å². The zero-order valence-electron chi connectivity index (χ0n) is 27.1. The minimum atomic E-state index is -0.783. The lowest BCUT2D eigenvalue weighted by atomic mass is 9.84. The molecule has 4 rings (SSSR count). The molecule has 2 aliphatic rings. The van der Waals surface area contributed by atoms with Gasteiger partial charge in [0.2, 0.25) is 0 Å². The summed E-state index contributed by atoms with van der Waals surface area (Å²) in [4.78, 5) is 41.3. The van der Waals surface area contributed by atoms with Crippen LogP contribution in [0, 0.1) is 5.41 Å². The van der Waals surface area contributed by atoms with E-state index in [0.29, 0.717) is 48.6 Å². The number of amides is 1. The number of ether oxygens (including phenoxy) is 2. The normalized spacial score (nSPS) is 14.2. The van der Waals surface area contributed by atoms with Gasteiger partial charge in [0.1, 0.15) is 17.3 Å². The number of carboxylic acids is 1. The molecule has 10 nitrogen and oxygen atoms in total. The Morgan fingerprint density at radius 2 is 1.73 bits per heavy atom. The first kappa shape index (κ1) is 35.9. The third-order valence-electron chi connectivity index (χ3n) is 8.17.